The van der Waals surface area contributed by atoms with E-state index >= 15 is 0 Å². The van der Waals surface area contributed by atoms with Gasteiger partial charge in [-0.1, -0.05) is 0 Å². The molecule has 0 aliphatic carbocycles. The molecular weight excluding hydrogens is 141 g/mol. The van der Waals surface area contributed by atoms with E-state index in [9.17, 15) is 0 Å². The third-order valence-electron chi connectivity index (χ3n) is 0. The molecule has 0 aliphatic rings. The first kappa shape index (κ1) is 16.1. The van der Waals surface area contributed by atoms with E-state index in [0.29, 0.717) is 0 Å². The smallest absolute Gasteiger partial charge is 0.870 e. The summed E-state index contributed by atoms with van der Waals surface area (Å²) in [7, 11) is 0. The second kappa shape index (κ2) is 18.0. The second-order valence-corrected chi connectivity index (χ2v) is 0.204. The van der Waals surface area contributed by atoms with Crippen LogP contribution < -0.4 is 58.2 Å². The minimum atomic E-state index is 0. The van der Waals surface area contributed by atoms with E-state index < -0.39 is 0 Å². The Morgan fingerprint density at radius 3 is 1.60 bits per heavy atom. The summed E-state index contributed by atoms with van der Waals surface area (Å²) in [5.41, 5.74) is 0. The molecule has 0 saturated heterocycles. The molecule has 0 aliphatic heterocycles. The fourth-order valence-corrected chi connectivity index (χ4v) is 0. The van der Waals surface area contributed by atoms with Gasteiger partial charge in [-0.15, -0.1) is 0 Å². The number of hydrogen-bond donors (Lipinski definition) is 0. The molecule has 0 amide bonds. The van der Waals surface area contributed by atoms with Gasteiger partial charge in [-0.3, -0.25) is 6.29 Å². The Labute approximate surface area is 80.0 Å². The Morgan fingerprint density at radius 1 is 1.60 bits per heavy atom. The van der Waals surface area contributed by atoms with Crippen LogP contribution in [0.3, 0.4) is 0 Å². The van der Waals surface area contributed by atoms with Gasteiger partial charge in [0, 0.05) is 0 Å². The van der Waals surface area contributed by atoms with Crippen molar-refractivity contribution in [3.63, 3.8) is 0 Å². The molecule has 0 aromatic rings. The van der Waals surface area contributed by atoms with Gasteiger partial charge < -0.3 is 10.3 Å². The van der Waals surface area contributed by atoms with Gasteiger partial charge in [-0.05, 0) is 0 Å². The normalized spacial score (nSPS) is 2.60. The molecule has 0 aromatic heterocycles. The average Bonchev–Trinajstić information content (AvgIpc) is 0.918. The molecule has 0 atom stereocenters. The van der Waals surface area contributed by atoms with Gasteiger partial charge in [-0.25, -0.2) is 0 Å². The zero-order chi connectivity index (χ0) is 2.71. The van der Waals surface area contributed by atoms with Crippen molar-refractivity contribution in [2.45, 2.75) is 6.92 Å². The van der Waals surface area contributed by atoms with Crippen LogP contribution in [0.1, 0.15) is 6.92 Å². The molecule has 0 unspecified atom stereocenters. The molecule has 0 heterocycles. The van der Waals surface area contributed by atoms with Crippen molar-refractivity contribution in [1.82, 2.24) is 0 Å². The number of rotatable bonds is 0. The number of carbonyl (C=O) groups excluding carboxylic acids is 1. The van der Waals surface area contributed by atoms with Crippen LogP contribution in [0.15, 0.2) is 0 Å². The first-order valence-electron chi connectivity index (χ1n) is 0.704. The predicted molar refractivity (Wildman–Crippen MR) is 13.3 cm³/mol. The van der Waals surface area contributed by atoms with Crippen LogP contribution in [0.4, 0.5) is 0 Å². The van der Waals surface area contributed by atoms with Crippen LogP contribution in [-0.2, 0) is 4.79 Å². The van der Waals surface area contributed by atoms with E-state index in [1.54, 1.807) is 0 Å². The van der Waals surface area contributed by atoms with Crippen molar-refractivity contribution in [1.29, 1.82) is 0 Å². The quantitative estimate of drug-likeness (QED) is 0.340. The largest absolute Gasteiger partial charge is 1.00 e. The fraction of sp³-hybridized carbons (Fsp3) is 0.500. The molecule has 5 heavy (non-hydrogen) atoms. The van der Waals surface area contributed by atoms with Gasteiger partial charge in [0.15, 0.2) is 0 Å². The van der Waals surface area contributed by atoms with E-state index in [4.69, 9.17) is 4.79 Å². The van der Waals surface area contributed by atoms with E-state index in [1.807, 2.05) is 0 Å². The van der Waals surface area contributed by atoms with Crippen molar-refractivity contribution in [2.24, 2.45) is 0 Å². The molecule has 0 saturated carbocycles. The topological polar surface area (TPSA) is 47.1 Å². The third kappa shape index (κ3) is 31.1. The second-order valence-electron chi connectivity index (χ2n) is 0.204. The number of hydrogen-bond acceptors (Lipinski definition) is 2. The van der Waals surface area contributed by atoms with Crippen molar-refractivity contribution in [3.8, 4) is 0 Å². The van der Waals surface area contributed by atoms with Crippen LogP contribution in [0.2, 0.25) is 0 Å². The monoisotopic (exact) mass is 145 g/mol. The minimum absolute atomic E-state index is 0. The summed E-state index contributed by atoms with van der Waals surface area (Å²) >= 11 is 0. The summed E-state index contributed by atoms with van der Waals surface area (Å²) in [5, 5.41) is 0. The van der Waals surface area contributed by atoms with Crippen LogP contribution in [-0.4, -0.2) is 11.8 Å². The van der Waals surface area contributed by atoms with Gasteiger partial charge in [0.05, 0.1) is 0 Å². The third-order valence-corrected chi connectivity index (χ3v) is 0. The van der Waals surface area contributed by atoms with E-state index in [1.165, 1.54) is 13.2 Å². The summed E-state index contributed by atoms with van der Waals surface area (Å²) in [6.45, 7) is 1.32. The molecular formula is C2H4O2Rb-. The summed E-state index contributed by atoms with van der Waals surface area (Å²) in [6.07, 6.45) is 1.50. The van der Waals surface area contributed by atoms with Gasteiger partial charge in [0.1, 0.15) is 0 Å². The Balaban J connectivity index is -0.0000000200. The predicted octanol–water partition coefficient (Wildman–Crippen LogP) is -3.06. The maximum absolute atomic E-state index is 8.68. The standard InChI is InChI=1S/C2H3O.H2O.Rb/c1-2-3;;/h1H3;1H2;/q-1;;+1/p-1. The molecule has 3 heteroatoms. The maximum Gasteiger partial charge on any atom is 1.00 e. The molecule has 0 aromatic carbocycles. The molecule has 0 bridgehead atoms. The molecule has 0 fully saturated rings. The molecule has 26 valence electrons. The van der Waals surface area contributed by atoms with E-state index in [2.05, 4.69) is 0 Å². The van der Waals surface area contributed by atoms with E-state index in [-0.39, 0.29) is 63.7 Å². The average molecular weight is 146 g/mol. The summed E-state index contributed by atoms with van der Waals surface area (Å²) in [5.74, 6) is 0. The van der Waals surface area contributed by atoms with Gasteiger partial charge in [0.25, 0.3) is 0 Å². The molecule has 0 spiro atoms. The van der Waals surface area contributed by atoms with Crippen LogP contribution >= 0.6 is 0 Å². The fourth-order valence-electron chi connectivity index (χ4n) is 0. The Hall–Kier alpha value is 1.44. The van der Waals surface area contributed by atoms with Gasteiger partial charge >= 0.3 is 58.2 Å². The summed E-state index contributed by atoms with van der Waals surface area (Å²) in [4.78, 5) is 8.68. The SMILES string of the molecule is C[C-]=O.[OH-].[Rb+]. The van der Waals surface area contributed by atoms with Crippen molar-refractivity contribution in [3.05, 3.63) is 0 Å². The first-order chi connectivity index (χ1) is 1.41. The summed E-state index contributed by atoms with van der Waals surface area (Å²) in [6, 6.07) is 0. The Kier molecular flexibility index (Phi) is 58.1. The summed E-state index contributed by atoms with van der Waals surface area (Å²) < 4.78 is 0. The van der Waals surface area contributed by atoms with Crippen molar-refractivity contribution >= 4 is 6.29 Å². The van der Waals surface area contributed by atoms with Crippen LogP contribution in [0.5, 0.6) is 0 Å². The van der Waals surface area contributed by atoms with Crippen molar-refractivity contribution in [2.75, 3.05) is 0 Å². The molecule has 0 rings (SSSR count). The Bertz CT molecular complexity index is 15.1. The Morgan fingerprint density at radius 2 is 1.60 bits per heavy atom. The zero-order valence-electron chi connectivity index (χ0n) is 3.36. The van der Waals surface area contributed by atoms with E-state index in [0.717, 1.165) is 0 Å². The first-order valence-corrected chi connectivity index (χ1v) is 0.704. The maximum atomic E-state index is 8.68. The van der Waals surface area contributed by atoms with Gasteiger partial charge in [0.2, 0.25) is 0 Å². The molecule has 0 radical (unpaired) electrons. The molecule has 1 N–H and O–H groups in total. The zero-order valence-corrected chi connectivity index (χ0v) is 8.27. The minimum Gasteiger partial charge on any atom is -0.870 e. The van der Waals surface area contributed by atoms with Crippen LogP contribution in [0, 0.1) is 0 Å². The van der Waals surface area contributed by atoms with Crippen molar-refractivity contribution < 1.29 is 68.5 Å². The molecule has 2 nitrogen and oxygen atoms in total. The van der Waals surface area contributed by atoms with Gasteiger partial charge in [-0.2, -0.15) is 6.92 Å². The van der Waals surface area contributed by atoms with Crippen LogP contribution in [0.25, 0.3) is 0 Å².